The summed E-state index contributed by atoms with van der Waals surface area (Å²) in [4.78, 5) is 13.0. The fraction of sp³-hybridized carbons (Fsp3) is 0.263. The third-order valence-corrected chi connectivity index (χ3v) is 4.47. The fourth-order valence-corrected chi connectivity index (χ4v) is 2.46. The van der Waals surface area contributed by atoms with Crippen molar-refractivity contribution in [1.82, 2.24) is 9.80 Å². The average molecular weight is 412 g/mol. The molecule has 0 amide bonds. The lowest BCUT2D eigenvalue weighted by molar-refractivity contribution is 0.311. The molecular formula is C19H21Cl3N4. The molecule has 0 spiro atoms. The van der Waals surface area contributed by atoms with Gasteiger partial charge in [0.1, 0.15) is 0 Å². The van der Waals surface area contributed by atoms with Crippen molar-refractivity contribution in [3.05, 3.63) is 69.7 Å². The zero-order valence-corrected chi connectivity index (χ0v) is 17.4. The van der Waals surface area contributed by atoms with E-state index < -0.39 is 6.29 Å². The molecule has 2 rings (SSSR count). The highest BCUT2D eigenvalue weighted by Crippen LogP contribution is 2.18. The normalized spacial score (nSPS) is 12.8. The summed E-state index contributed by atoms with van der Waals surface area (Å²) in [5.41, 5.74) is 2.64. The Bertz CT molecular complexity index is 734. The number of halogens is 3. The first kappa shape index (κ1) is 20.7. The zero-order valence-electron chi connectivity index (χ0n) is 15.1. The summed E-state index contributed by atoms with van der Waals surface area (Å²) in [6, 6.07) is 15.1. The molecule has 7 heteroatoms. The summed E-state index contributed by atoms with van der Waals surface area (Å²) in [6.07, 6.45) is -0.480. The van der Waals surface area contributed by atoms with Crippen molar-refractivity contribution in [2.75, 3.05) is 28.2 Å². The van der Waals surface area contributed by atoms with Gasteiger partial charge in [0.05, 0.1) is 5.71 Å². The Morgan fingerprint density at radius 1 is 0.769 bits per heavy atom. The summed E-state index contributed by atoms with van der Waals surface area (Å²) < 4.78 is 0. The maximum atomic E-state index is 6.22. The third-order valence-electron chi connectivity index (χ3n) is 3.53. The van der Waals surface area contributed by atoms with Gasteiger partial charge >= 0.3 is 0 Å². The number of nitrogens with zero attached hydrogens (tertiary/aromatic N) is 4. The Kier molecular flexibility index (Phi) is 7.47. The van der Waals surface area contributed by atoms with Crippen LogP contribution in [0.5, 0.6) is 0 Å². The minimum atomic E-state index is -0.480. The molecule has 26 heavy (non-hydrogen) atoms. The van der Waals surface area contributed by atoms with Gasteiger partial charge in [0.25, 0.3) is 0 Å². The highest BCUT2D eigenvalue weighted by molar-refractivity contribution is 6.64. The molecule has 0 fully saturated rings. The lowest BCUT2D eigenvalue weighted by atomic mass is 10.0. The van der Waals surface area contributed by atoms with Gasteiger partial charge in [-0.15, -0.1) is 0 Å². The molecule has 2 aromatic rings. The molecule has 0 aliphatic heterocycles. The summed E-state index contributed by atoms with van der Waals surface area (Å²) >= 11 is 18.3. The molecule has 0 aromatic heterocycles. The van der Waals surface area contributed by atoms with E-state index in [1.54, 1.807) is 4.90 Å². The number of amidine groups is 1. The van der Waals surface area contributed by atoms with Gasteiger partial charge in [0.15, 0.2) is 11.6 Å². The largest absolute Gasteiger partial charge is 0.353 e. The number of hydrogen-bond acceptors (Lipinski definition) is 3. The van der Waals surface area contributed by atoms with E-state index in [2.05, 4.69) is 4.99 Å². The van der Waals surface area contributed by atoms with Crippen LogP contribution in [0, 0.1) is 0 Å². The Morgan fingerprint density at radius 3 is 1.54 bits per heavy atom. The summed E-state index contributed by atoms with van der Waals surface area (Å²) in [7, 11) is 7.47. The second-order valence-corrected chi connectivity index (χ2v) is 7.31. The van der Waals surface area contributed by atoms with E-state index in [-0.39, 0.29) is 0 Å². The molecule has 0 aliphatic carbocycles. The van der Waals surface area contributed by atoms with Crippen molar-refractivity contribution in [3.8, 4) is 0 Å². The number of rotatable bonds is 5. The summed E-state index contributed by atoms with van der Waals surface area (Å²) in [5, 5.41) is 1.71. The number of benzene rings is 2. The van der Waals surface area contributed by atoms with Crippen molar-refractivity contribution < 1.29 is 0 Å². The molecule has 0 N–H and O–H groups in total. The van der Waals surface area contributed by atoms with Crippen LogP contribution in [0.4, 0.5) is 0 Å². The van der Waals surface area contributed by atoms with Crippen LogP contribution in [0.25, 0.3) is 0 Å². The lowest BCUT2D eigenvalue weighted by Crippen LogP contribution is -2.29. The molecule has 1 atom stereocenters. The van der Waals surface area contributed by atoms with Crippen LogP contribution in [-0.4, -0.2) is 55.3 Å². The van der Waals surface area contributed by atoms with Gasteiger partial charge in [0.2, 0.25) is 0 Å². The van der Waals surface area contributed by atoms with Gasteiger partial charge in [0, 0.05) is 35.3 Å². The monoisotopic (exact) mass is 410 g/mol. The van der Waals surface area contributed by atoms with Crippen LogP contribution in [-0.2, 0) is 0 Å². The van der Waals surface area contributed by atoms with E-state index >= 15 is 0 Å². The van der Waals surface area contributed by atoms with Crippen molar-refractivity contribution in [2.24, 2.45) is 9.98 Å². The topological polar surface area (TPSA) is 31.2 Å². The average Bonchev–Trinajstić information content (AvgIpc) is 2.60. The predicted octanol–water partition coefficient (Wildman–Crippen LogP) is 4.83. The van der Waals surface area contributed by atoms with E-state index in [4.69, 9.17) is 39.8 Å². The first-order valence-electron chi connectivity index (χ1n) is 7.94. The first-order chi connectivity index (χ1) is 12.3. The molecule has 138 valence electrons. The van der Waals surface area contributed by atoms with Crippen molar-refractivity contribution in [2.45, 2.75) is 6.29 Å². The van der Waals surface area contributed by atoms with E-state index in [9.17, 15) is 0 Å². The Labute approximate surface area is 169 Å². The second kappa shape index (κ2) is 9.38. The zero-order chi connectivity index (χ0) is 19.3. The minimum absolute atomic E-state index is 0.374. The molecule has 0 saturated heterocycles. The van der Waals surface area contributed by atoms with E-state index in [1.165, 1.54) is 0 Å². The molecular weight excluding hydrogens is 391 g/mol. The summed E-state index contributed by atoms with van der Waals surface area (Å²) in [6.45, 7) is 0. The Hall–Kier alpha value is -1.59. The van der Waals surface area contributed by atoms with Crippen LogP contribution >= 0.6 is 34.8 Å². The van der Waals surface area contributed by atoms with E-state index in [0.29, 0.717) is 15.3 Å². The second-order valence-electron chi connectivity index (χ2n) is 6.09. The summed E-state index contributed by atoms with van der Waals surface area (Å²) in [5.74, 6) is 0. The van der Waals surface area contributed by atoms with Gasteiger partial charge in [-0.3, -0.25) is 4.90 Å². The van der Waals surface area contributed by atoms with Gasteiger partial charge in [-0.2, -0.15) is 0 Å². The Morgan fingerprint density at radius 2 is 1.19 bits per heavy atom. The molecule has 0 saturated carbocycles. The van der Waals surface area contributed by atoms with Gasteiger partial charge < -0.3 is 4.90 Å². The van der Waals surface area contributed by atoms with Crippen molar-refractivity contribution >= 4 is 45.8 Å². The van der Waals surface area contributed by atoms with Crippen LogP contribution in [0.1, 0.15) is 11.1 Å². The maximum Gasteiger partial charge on any atom is 0.199 e. The van der Waals surface area contributed by atoms with Crippen molar-refractivity contribution in [1.29, 1.82) is 0 Å². The van der Waals surface area contributed by atoms with Gasteiger partial charge in [-0.25, -0.2) is 9.98 Å². The van der Waals surface area contributed by atoms with Gasteiger partial charge in [-0.1, -0.05) is 47.5 Å². The van der Waals surface area contributed by atoms with Crippen LogP contribution in [0.3, 0.4) is 0 Å². The number of aliphatic imine (C=N–C) groups is 2. The standard InChI is InChI=1S/C19H21Cl3N4/c1-25(2)18(22)24-19(26(3)4)23-17(13-5-9-15(20)10-6-13)14-7-11-16(21)12-8-14/h5-12,19H,1-4H3. The van der Waals surface area contributed by atoms with E-state index in [0.717, 1.165) is 16.8 Å². The molecule has 0 bridgehead atoms. The van der Waals surface area contributed by atoms with Crippen LogP contribution in [0.15, 0.2) is 58.5 Å². The Balaban J connectivity index is 2.57. The smallest absolute Gasteiger partial charge is 0.199 e. The molecule has 0 radical (unpaired) electrons. The molecule has 0 heterocycles. The minimum Gasteiger partial charge on any atom is -0.353 e. The molecule has 1 unspecified atom stereocenters. The SMILES string of the molecule is CN(C)C(Cl)=NC(N=C(c1ccc(Cl)cc1)c1ccc(Cl)cc1)N(C)C. The maximum absolute atomic E-state index is 6.22. The highest BCUT2D eigenvalue weighted by atomic mass is 35.5. The van der Waals surface area contributed by atoms with Gasteiger partial charge in [-0.05, 0) is 50.0 Å². The predicted molar refractivity (Wildman–Crippen MR) is 113 cm³/mol. The van der Waals surface area contributed by atoms with E-state index in [1.807, 2.05) is 81.6 Å². The number of hydrogen-bond donors (Lipinski definition) is 0. The third kappa shape index (κ3) is 5.71. The molecule has 0 aliphatic rings. The lowest BCUT2D eigenvalue weighted by Gasteiger charge is -2.20. The van der Waals surface area contributed by atoms with Crippen LogP contribution < -0.4 is 0 Å². The molecule has 2 aromatic carbocycles. The highest BCUT2D eigenvalue weighted by Gasteiger charge is 2.15. The quantitative estimate of drug-likeness (QED) is 0.401. The molecule has 4 nitrogen and oxygen atoms in total. The van der Waals surface area contributed by atoms with Crippen LogP contribution in [0.2, 0.25) is 10.0 Å². The van der Waals surface area contributed by atoms with Crippen molar-refractivity contribution in [3.63, 3.8) is 0 Å². The fourth-order valence-electron chi connectivity index (χ4n) is 2.12. The first-order valence-corrected chi connectivity index (χ1v) is 9.08.